The molecule has 4 rings (SSSR count). The van der Waals surface area contributed by atoms with Gasteiger partial charge in [0.2, 0.25) is 0 Å². The molecule has 1 aromatic carbocycles. The molecule has 37 heavy (non-hydrogen) atoms. The molecule has 1 saturated heterocycles. The topological polar surface area (TPSA) is 108 Å². The average Bonchev–Trinajstić information content (AvgIpc) is 3.49. The normalized spacial score (nSPS) is 16.1. The van der Waals surface area contributed by atoms with Gasteiger partial charge in [-0.25, -0.2) is 4.99 Å². The summed E-state index contributed by atoms with van der Waals surface area (Å²) in [5, 5.41) is 19.1. The Hall–Kier alpha value is -3.17. The van der Waals surface area contributed by atoms with Crippen LogP contribution in [0.2, 0.25) is 0 Å². The van der Waals surface area contributed by atoms with E-state index in [1.165, 1.54) is 0 Å². The van der Waals surface area contributed by atoms with E-state index in [1.807, 2.05) is 37.7 Å². The first-order chi connectivity index (χ1) is 17.6. The number of aromatic nitrogens is 3. The monoisotopic (exact) mass is 508 g/mol. The van der Waals surface area contributed by atoms with Crippen LogP contribution in [0, 0.1) is 0 Å². The zero-order valence-corrected chi connectivity index (χ0v) is 22.8. The van der Waals surface area contributed by atoms with Gasteiger partial charge in [-0.05, 0) is 65.2 Å². The number of benzene rings is 1. The van der Waals surface area contributed by atoms with Crippen LogP contribution in [0.25, 0.3) is 10.9 Å². The lowest BCUT2D eigenvalue weighted by atomic mass is 10.0. The molecular weight excluding hydrogens is 468 g/mol. The number of fused-ring (bicyclic) bond motifs is 1. The second-order valence-electron chi connectivity index (χ2n) is 10.7. The zero-order chi connectivity index (χ0) is 26.7. The van der Waals surface area contributed by atoms with Crippen LogP contribution >= 0.6 is 0 Å². The van der Waals surface area contributed by atoms with Crippen molar-refractivity contribution in [3.8, 4) is 5.88 Å². The maximum absolute atomic E-state index is 12.8. The van der Waals surface area contributed by atoms with Crippen molar-refractivity contribution in [2.75, 3.05) is 26.7 Å². The van der Waals surface area contributed by atoms with Gasteiger partial charge in [-0.1, -0.05) is 6.92 Å². The second kappa shape index (κ2) is 11.1. The number of carbonyl (C=O) groups excluding carboxylic acids is 1. The van der Waals surface area contributed by atoms with E-state index in [2.05, 4.69) is 34.1 Å². The molecule has 9 heteroatoms. The molecule has 0 bridgehead atoms. The van der Waals surface area contributed by atoms with E-state index in [0.29, 0.717) is 36.2 Å². The van der Waals surface area contributed by atoms with Gasteiger partial charge in [0.15, 0.2) is 5.88 Å². The highest BCUT2D eigenvalue weighted by Crippen LogP contribution is 2.31. The first-order valence-corrected chi connectivity index (χ1v) is 13.2. The number of nitrogens with zero attached hydrogens (tertiary/aromatic N) is 4. The Kier molecular flexibility index (Phi) is 8.04. The summed E-state index contributed by atoms with van der Waals surface area (Å²) < 4.78 is 7.43. The summed E-state index contributed by atoms with van der Waals surface area (Å²) in [6.07, 6.45) is 6.52. The average molecular weight is 509 g/mol. The summed E-state index contributed by atoms with van der Waals surface area (Å²) in [5.74, 6) is -0.152. The Morgan fingerprint density at radius 2 is 2.05 bits per heavy atom. The lowest BCUT2D eigenvalue weighted by Gasteiger charge is -2.34. The van der Waals surface area contributed by atoms with E-state index in [1.54, 1.807) is 25.4 Å². The van der Waals surface area contributed by atoms with Gasteiger partial charge >= 0.3 is 0 Å². The number of aliphatic imine (C=N–C) groups is 1. The number of carbonyl (C=O) groups is 1. The fourth-order valence-electron chi connectivity index (χ4n) is 4.80. The van der Waals surface area contributed by atoms with Crippen LogP contribution in [-0.2, 0) is 4.74 Å². The number of likely N-dealkylation sites (tertiary alicyclic amines) is 1. The third kappa shape index (κ3) is 6.05. The van der Waals surface area contributed by atoms with E-state index < -0.39 is 5.60 Å². The van der Waals surface area contributed by atoms with E-state index in [4.69, 9.17) is 9.73 Å². The largest absolute Gasteiger partial charge is 0.494 e. The second-order valence-corrected chi connectivity index (χ2v) is 10.7. The number of aromatic hydroxyl groups is 1. The van der Waals surface area contributed by atoms with Crippen molar-refractivity contribution in [3.63, 3.8) is 0 Å². The molecule has 0 atom stereocenters. The first-order valence-electron chi connectivity index (χ1n) is 13.2. The number of rotatable bonds is 9. The molecule has 3 heterocycles. The Labute approximate surface area is 218 Å². The summed E-state index contributed by atoms with van der Waals surface area (Å²) in [6.45, 7) is 12.8. The number of hydrogen-bond acceptors (Lipinski definition) is 6. The van der Waals surface area contributed by atoms with Crippen LogP contribution in [-0.4, -0.2) is 74.8 Å². The molecule has 0 spiro atoms. The van der Waals surface area contributed by atoms with Crippen molar-refractivity contribution < 1.29 is 14.6 Å². The Morgan fingerprint density at radius 1 is 1.32 bits per heavy atom. The molecule has 1 aliphatic heterocycles. The molecule has 0 saturated carbocycles. The van der Waals surface area contributed by atoms with Gasteiger partial charge in [0, 0.05) is 49.3 Å². The highest BCUT2D eigenvalue weighted by molar-refractivity contribution is 6.14. The molecule has 2 aromatic heterocycles. The molecule has 0 unspecified atom stereocenters. The molecule has 1 aliphatic rings. The van der Waals surface area contributed by atoms with Crippen molar-refractivity contribution in [1.29, 1.82) is 0 Å². The molecule has 1 fully saturated rings. The van der Waals surface area contributed by atoms with Crippen molar-refractivity contribution in [1.82, 2.24) is 25.0 Å². The molecule has 0 radical (unpaired) electrons. The molecule has 3 N–H and O–H groups in total. The standard InChI is InChI=1S/C28H40N6O3/c1-7-23(31-20-15-30-34(16-20)21-10-12-33(13-11-21)18(2)3)25-22-14-19(8-9-24(22)32-27(25)36)26(35)29-17-28(4,5)37-6/h8-9,14-16,18,21,32,36H,7,10-13,17H2,1-6H3,(H,29,35). The van der Waals surface area contributed by atoms with Gasteiger partial charge in [0.05, 0.1) is 35.3 Å². The fraction of sp³-hybridized carbons (Fsp3) is 0.536. The van der Waals surface area contributed by atoms with E-state index in [9.17, 15) is 9.90 Å². The summed E-state index contributed by atoms with van der Waals surface area (Å²) in [4.78, 5) is 23.2. The lowest BCUT2D eigenvalue weighted by Crippen LogP contribution is -2.39. The van der Waals surface area contributed by atoms with Gasteiger partial charge in [-0.15, -0.1) is 0 Å². The van der Waals surface area contributed by atoms with Gasteiger partial charge in [0.25, 0.3) is 5.91 Å². The van der Waals surface area contributed by atoms with Gasteiger partial charge in [-0.3, -0.25) is 9.48 Å². The number of H-pyrrole nitrogens is 1. The maximum atomic E-state index is 12.8. The first kappa shape index (κ1) is 26.9. The number of hydrogen-bond donors (Lipinski definition) is 3. The SMILES string of the molecule is CCC(=Nc1cnn(C2CCN(C(C)C)CC2)c1)c1c(O)[nH]c2ccc(C(=O)NCC(C)(C)OC)cc12. The molecule has 1 amide bonds. The Balaban J connectivity index is 1.57. The maximum Gasteiger partial charge on any atom is 0.251 e. The minimum Gasteiger partial charge on any atom is -0.494 e. The van der Waals surface area contributed by atoms with Crippen LogP contribution < -0.4 is 5.32 Å². The third-order valence-electron chi connectivity index (χ3n) is 7.35. The van der Waals surface area contributed by atoms with Gasteiger partial charge in [0.1, 0.15) is 5.69 Å². The van der Waals surface area contributed by atoms with Crippen molar-refractivity contribution in [2.45, 2.75) is 71.6 Å². The van der Waals surface area contributed by atoms with Crippen molar-refractivity contribution in [3.05, 3.63) is 41.7 Å². The van der Waals surface area contributed by atoms with E-state index >= 15 is 0 Å². The predicted octanol–water partition coefficient (Wildman–Crippen LogP) is 4.80. The Bertz CT molecular complexity index is 1260. The summed E-state index contributed by atoms with van der Waals surface area (Å²) >= 11 is 0. The zero-order valence-electron chi connectivity index (χ0n) is 22.8. The lowest BCUT2D eigenvalue weighted by molar-refractivity contribution is 0.0229. The van der Waals surface area contributed by atoms with Crippen LogP contribution in [0.15, 0.2) is 35.6 Å². The van der Waals surface area contributed by atoms with E-state index in [0.717, 1.165) is 48.2 Å². The van der Waals surface area contributed by atoms with Crippen LogP contribution in [0.5, 0.6) is 5.88 Å². The number of amides is 1. The fourth-order valence-corrected chi connectivity index (χ4v) is 4.80. The molecule has 3 aromatic rings. The molecule has 0 aliphatic carbocycles. The highest BCUT2D eigenvalue weighted by atomic mass is 16.5. The molecule has 9 nitrogen and oxygen atoms in total. The van der Waals surface area contributed by atoms with Crippen molar-refractivity contribution in [2.24, 2.45) is 4.99 Å². The van der Waals surface area contributed by atoms with Crippen molar-refractivity contribution >= 4 is 28.2 Å². The van der Waals surface area contributed by atoms with Crippen LogP contribution in [0.4, 0.5) is 5.69 Å². The van der Waals surface area contributed by atoms with Crippen LogP contribution in [0.1, 0.15) is 75.8 Å². The number of aromatic amines is 1. The van der Waals surface area contributed by atoms with Gasteiger partial charge < -0.3 is 25.0 Å². The smallest absolute Gasteiger partial charge is 0.251 e. The summed E-state index contributed by atoms with van der Waals surface area (Å²) in [7, 11) is 1.62. The molecule has 200 valence electrons. The summed E-state index contributed by atoms with van der Waals surface area (Å²) in [6, 6.07) is 6.29. The number of nitrogens with one attached hydrogen (secondary N) is 2. The number of ether oxygens (including phenoxy) is 1. The van der Waals surface area contributed by atoms with E-state index in [-0.39, 0.29) is 11.8 Å². The van der Waals surface area contributed by atoms with Gasteiger partial charge in [-0.2, -0.15) is 5.10 Å². The minimum atomic E-state index is -0.463. The third-order valence-corrected chi connectivity index (χ3v) is 7.35. The number of methoxy groups -OCH3 is 1. The Morgan fingerprint density at radius 3 is 2.70 bits per heavy atom. The van der Waals surface area contributed by atoms with Crippen LogP contribution in [0.3, 0.4) is 0 Å². The molecular formula is C28H40N6O3. The summed E-state index contributed by atoms with van der Waals surface area (Å²) in [5.41, 5.74) is 2.89. The number of piperidine rings is 1. The minimum absolute atomic E-state index is 0.0436. The predicted molar refractivity (Wildman–Crippen MR) is 147 cm³/mol. The quantitative estimate of drug-likeness (QED) is 0.360. The highest BCUT2D eigenvalue weighted by Gasteiger charge is 2.23.